The first-order valence-corrected chi connectivity index (χ1v) is 11.1. The van der Waals surface area contributed by atoms with E-state index >= 15 is 0 Å². The Morgan fingerprint density at radius 1 is 0.645 bits per heavy atom. The van der Waals surface area contributed by atoms with Gasteiger partial charge in [0, 0.05) is 13.1 Å². The maximum Gasteiger partial charge on any atom is 0.119 e. The van der Waals surface area contributed by atoms with Crippen molar-refractivity contribution in [2.45, 2.75) is 34.1 Å². The predicted molar refractivity (Wildman–Crippen MR) is 136 cm³/mol. The number of hydrogen-bond acceptors (Lipinski definition) is 4. The number of likely N-dealkylation sites (N-methyl/N-ethyl adjacent to an activating group) is 2. The lowest BCUT2D eigenvalue weighted by molar-refractivity contribution is 0.222. The molecule has 4 nitrogen and oxygen atoms in total. The van der Waals surface area contributed by atoms with Crippen LogP contribution >= 0.6 is 24.8 Å². The molecule has 2 aromatic carbocycles. The number of fused-ring (bicyclic) bond motifs is 3. The first-order valence-electron chi connectivity index (χ1n) is 11.1. The molecule has 0 atom stereocenters. The van der Waals surface area contributed by atoms with Gasteiger partial charge >= 0.3 is 0 Å². The third-order valence-electron chi connectivity index (χ3n) is 5.97. The Morgan fingerprint density at radius 2 is 1.03 bits per heavy atom. The van der Waals surface area contributed by atoms with E-state index in [0.29, 0.717) is 0 Å². The van der Waals surface area contributed by atoms with Gasteiger partial charge in [-0.1, -0.05) is 39.8 Å². The van der Waals surface area contributed by atoms with Gasteiger partial charge in [0.1, 0.15) is 24.7 Å². The van der Waals surface area contributed by atoms with E-state index in [1.807, 2.05) is 0 Å². The van der Waals surface area contributed by atoms with Gasteiger partial charge < -0.3 is 19.3 Å². The first kappa shape index (κ1) is 27.6. The molecule has 1 aliphatic carbocycles. The molecule has 0 heterocycles. The van der Waals surface area contributed by atoms with Gasteiger partial charge in [-0.05, 0) is 79.1 Å². The molecule has 0 aromatic heterocycles. The quantitative estimate of drug-likeness (QED) is 0.348. The van der Waals surface area contributed by atoms with Crippen molar-refractivity contribution < 1.29 is 9.47 Å². The highest BCUT2D eigenvalue weighted by molar-refractivity contribution is 5.85. The van der Waals surface area contributed by atoms with Crippen molar-refractivity contribution in [2.75, 3.05) is 52.5 Å². The van der Waals surface area contributed by atoms with Gasteiger partial charge in [-0.3, -0.25) is 0 Å². The Hall–Kier alpha value is -1.46. The number of benzene rings is 2. The molecule has 0 unspecified atom stereocenters. The summed E-state index contributed by atoms with van der Waals surface area (Å²) in [4.78, 5) is 4.76. The Bertz CT molecular complexity index is 728. The molecule has 6 heteroatoms. The standard InChI is InChI=1S/C25H36N2O2.2ClH/c1-5-26(6-2)13-15-28-22-9-11-24-20(18-22)17-21-19-23(10-12-25(21)24)29-16-14-27(7-3)8-4;;/h9-12,18-19H,5-8,13-17H2,1-4H3;2*1H. The van der Waals surface area contributed by atoms with Gasteiger partial charge in [0.2, 0.25) is 0 Å². The number of nitrogens with zero attached hydrogens (tertiary/aromatic N) is 2. The van der Waals surface area contributed by atoms with E-state index in [0.717, 1.165) is 70.4 Å². The highest BCUT2D eigenvalue weighted by Crippen LogP contribution is 2.39. The Balaban J connectivity index is 0.00000240. The fraction of sp³-hybridized carbons (Fsp3) is 0.520. The highest BCUT2D eigenvalue weighted by Gasteiger charge is 2.19. The van der Waals surface area contributed by atoms with Crippen molar-refractivity contribution in [1.82, 2.24) is 9.80 Å². The molecule has 0 fully saturated rings. The van der Waals surface area contributed by atoms with Crippen molar-refractivity contribution in [3.63, 3.8) is 0 Å². The fourth-order valence-corrected chi connectivity index (χ4v) is 4.01. The van der Waals surface area contributed by atoms with E-state index < -0.39 is 0 Å². The van der Waals surface area contributed by atoms with Crippen LogP contribution in [0.15, 0.2) is 36.4 Å². The van der Waals surface area contributed by atoms with Crippen LogP contribution in [0.2, 0.25) is 0 Å². The summed E-state index contributed by atoms with van der Waals surface area (Å²) in [6.45, 7) is 16.5. The van der Waals surface area contributed by atoms with Gasteiger partial charge in [0.25, 0.3) is 0 Å². The third-order valence-corrected chi connectivity index (χ3v) is 5.97. The van der Waals surface area contributed by atoms with Gasteiger partial charge in [0.15, 0.2) is 0 Å². The molecule has 0 bridgehead atoms. The third kappa shape index (κ3) is 7.28. The second-order valence-electron chi connectivity index (χ2n) is 7.57. The van der Waals surface area contributed by atoms with Crippen molar-refractivity contribution in [1.29, 1.82) is 0 Å². The number of halogens is 2. The Labute approximate surface area is 200 Å². The van der Waals surface area contributed by atoms with Crippen molar-refractivity contribution in [2.24, 2.45) is 0 Å². The molecule has 3 rings (SSSR count). The SMILES string of the molecule is CCN(CC)CCOc1ccc2c(c1)Cc1cc(OCCN(CC)CC)ccc1-2.Cl.Cl. The maximum atomic E-state index is 6.01. The van der Waals surface area contributed by atoms with Crippen LogP contribution in [0.3, 0.4) is 0 Å². The van der Waals surface area contributed by atoms with E-state index in [-0.39, 0.29) is 24.8 Å². The van der Waals surface area contributed by atoms with Crippen molar-refractivity contribution in [3.8, 4) is 22.6 Å². The van der Waals surface area contributed by atoms with Crippen LogP contribution < -0.4 is 9.47 Å². The molecule has 0 saturated heterocycles. The molecule has 174 valence electrons. The van der Waals surface area contributed by atoms with Crippen LogP contribution in [0.25, 0.3) is 11.1 Å². The first-order chi connectivity index (χ1) is 14.2. The summed E-state index contributed by atoms with van der Waals surface area (Å²) in [5, 5.41) is 0. The summed E-state index contributed by atoms with van der Waals surface area (Å²) >= 11 is 0. The molecular weight excluding hydrogens is 431 g/mol. The lowest BCUT2D eigenvalue weighted by Gasteiger charge is -2.18. The predicted octanol–water partition coefficient (Wildman–Crippen LogP) is 5.54. The molecule has 1 aliphatic rings. The summed E-state index contributed by atoms with van der Waals surface area (Å²) in [6.07, 6.45) is 0.950. The van der Waals surface area contributed by atoms with Crippen LogP contribution in [0, 0.1) is 0 Å². The molecule has 0 amide bonds. The van der Waals surface area contributed by atoms with Crippen LogP contribution in [-0.2, 0) is 6.42 Å². The van der Waals surface area contributed by atoms with Gasteiger partial charge in [-0.2, -0.15) is 0 Å². The van der Waals surface area contributed by atoms with Crippen LogP contribution in [-0.4, -0.2) is 62.3 Å². The van der Waals surface area contributed by atoms with E-state index in [1.54, 1.807) is 0 Å². The molecular formula is C25H38Cl2N2O2. The molecule has 2 aromatic rings. The Kier molecular flexibility index (Phi) is 12.3. The lowest BCUT2D eigenvalue weighted by atomic mass is 10.1. The summed E-state index contributed by atoms with van der Waals surface area (Å²) in [5.74, 6) is 1.94. The van der Waals surface area contributed by atoms with Gasteiger partial charge in [0.05, 0.1) is 0 Å². The lowest BCUT2D eigenvalue weighted by Crippen LogP contribution is -2.27. The van der Waals surface area contributed by atoms with Gasteiger partial charge in [-0.15, -0.1) is 24.8 Å². The number of hydrogen-bond donors (Lipinski definition) is 0. The Morgan fingerprint density at radius 3 is 1.39 bits per heavy atom. The van der Waals surface area contributed by atoms with E-state index in [4.69, 9.17) is 9.47 Å². The molecule has 31 heavy (non-hydrogen) atoms. The van der Waals surface area contributed by atoms with Crippen molar-refractivity contribution in [3.05, 3.63) is 47.5 Å². The molecule has 0 saturated carbocycles. The largest absolute Gasteiger partial charge is 0.492 e. The highest BCUT2D eigenvalue weighted by atomic mass is 35.5. The monoisotopic (exact) mass is 468 g/mol. The summed E-state index contributed by atoms with van der Waals surface area (Å²) in [6, 6.07) is 13.0. The second-order valence-corrected chi connectivity index (χ2v) is 7.57. The van der Waals surface area contributed by atoms with Crippen LogP contribution in [0.4, 0.5) is 0 Å². The minimum absolute atomic E-state index is 0. The molecule has 0 spiro atoms. The van der Waals surface area contributed by atoms with Crippen molar-refractivity contribution >= 4 is 24.8 Å². The summed E-state index contributed by atoms with van der Waals surface area (Å²) in [5.41, 5.74) is 5.35. The van der Waals surface area contributed by atoms with Crippen LogP contribution in [0.1, 0.15) is 38.8 Å². The number of rotatable bonds is 12. The zero-order chi connectivity index (χ0) is 20.6. The zero-order valence-corrected chi connectivity index (χ0v) is 21.0. The maximum absolute atomic E-state index is 6.01. The fourth-order valence-electron chi connectivity index (χ4n) is 4.01. The molecule has 0 radical (unpaired) electrons. The van der Waals surface area contributed by atoms with Crippen LogP contribution in [0.5, 0.6) is 11.5 Å². The molecule has 0 aliphatic heterocycles. The van der Waals surface area contributed by atoms with E-state index in [1.165, 1.54) is 22.3 Å². The second kappa shape index (κ2) is 13.8. The minimum atomic E-state index is 0. The zero-order valence-electron chi connectivity index (χ0n) is 19.4. The smallest absolute Gasteiger partial charge is 0.119 e. The molecule has 0 N–H and O–H groups in total. The van der Waals surface area contributed by atoms with E-state index in [2.05, 4.69) is 73.9 Å². The van der Waals surface area contributed by atoms with E-state index in [9.17, 15) is 0 Å². The summed E-state index contributed by atoms with van der Waals surface area (Å²) in [7, 11) is 0. The average molecular weight is 469 g/mol. The number of ether oxygens (including phenoxy) is 2. The summed E-state index contributed by atoms with van der Waals surface area (Å²) < 4.78 is 12.0. The topological polar surface area (TPSA) is 24.9 Å². The average Bonchev–Trinajstić information content (AvgIpc) is 3.11. The van der Waals surface area contributed by atoms with Gasteiger partial charge in [-0.25, -0.2) is 0 Å². The normalized spacial score (nSPS) is 11.5. The minimum Gasteiger partial charge on any atom is -0.492 e.